The molecular formula is C24H29N3O2. The molecule has 1 fully saturated rings. The minimum absolute atomic E-state index is 0.140. The van der Waals surface area contributed by atoms with Gasteiger partial charge in [0.05, 0.1) is 24.1 Å². The average molecular weight is 392 g/mol. The Balaban J connectivity index is 1.50. The zero-order chi connectivity index (χ0) is 20.4. The summed E-state index contributed by atoms with van der Waals surface area (Å²) >= 11 is 0. The van der Waals surface area contributed by atoms with Crippen molar-refractivity contribution in [1.82, 2.24) is 14.9 Å². The van der Waals surface area contributed by atoms with E-state index in [4.69, 9.17) is 9.72 Å². The van der Waals surface area contributed by atoms with Crippen LogP contribution in [0.15, 0.2) is 42.5 Å². The van der Waals surface area contributed by atoms with Crippen LogP contribution in [0.3, 0.4) is 0 Å². The van der Waals surface area contributed by atoms with Gasteiger partial charge in [0.2, 0.25) is 5.91 Å². The molecule has 5 nitrogen and oxygen atoms in total. The number of imidazole rings is 1. The van der Waals surface area contributed by atoms with E-state index in [1.54, 1.807) is 0 Å². The number of nitrogens with one attached hydrogen (secondary N) is 1. The van der Waals surface area contributed by atoms with Crippen LogP contribution in [0.4, 0.5) is 0 Å². The Morgan fingerprint density at radius 1 is 1.24 bits per heavy atom. The summed E-state index contributed by atoms with van der Waals surface area (Å²) in [6.45, 7) is 8.13. The highest BCUT2D eigenvalue weighted by molar-refractivity contribution is 5.81. The fourth-order valence-electron chi connectivity index (χ4n) is 3.66. The highest BCUT2D eigenvalue weighted by Crippen LogP contribution is 2.29. The predicted octanol–water partition coefficient (Wildman–Crippen LogP) is 4.57. The molecule has 0 aliphatic heterocycles. The van der Waals surface area contributed by atoms with E-state index < -0.39 is 0 Å². The maximum atomic E-state index is 12.1. The van der Waals surface area contributed by atoms with Crippen molar-refractivity contribution in [3.05, 3.63) is 59.4 Å². The number of hydrogen-bond acceptors (Lipinski definition) is 3. The van der Waals surface area contributed by atoms with Crippen molar-refractivity contribution in [2.75, 3.05) is 6.61 Å². The van der Waals surface area contributed by atoms with E-state index in [2.05, 4.69) is 54.9 Å². The lowest BCUT2D eigenvalue weighted by molar-refractivity contribution is -0.122. The second-order valence-electron chi connectivity index (χ2n) is 8.20. The smallest absolute Gasteiger partial charge is 0.223 e. The summed E-state index contributed by atoms with van der Waals surface area (Å²) in [6.07, 6.45) is 2.01. The first-order valence-electron chi connectivity index (χ1n) is 10.5. The number of nitrogens with zero attached hydrogens (tertiary/aromatic N) is 2. The van der Waals surface area contributed by atoms with Gasteiger partial charge in [-0.2, -0.15) is 0 Å². The molecule has 1 saturated carbocycles. The number of fused-ring (bicyclic) bond motifs is 1. The van der Waals surface area contributed by atoms with Crippen LogP contribution in [0.2, 0.25) is 0 Å². The van der Waals surface area contributed by atoms with Crippen LogP contribution in [0.1, 0.15) is 49.6 Å². The van der Waals surface area contributed by atoms with Gasteiger partial charge in [-0.3, -0.25) is 4.79 Å². The van der Waals surface area contributed by atoms with Crippen LogP contribution >= 0.6 is 0 Å². The molecule has 5 heteroatoms. The minimum Gasteiger partial charge on any atom is -0.491 e. The van der Waals surface area contributed by atoms with Gasteiger partial charge in [0.15, 0.2) is 0 Å². The summed E-state index contributed by atoms with van der Waals surface area (Å²) in [7, 11) is 0. The van der Waals surface area contributed by atoms with Crippen LogP contribution in [0.25, 0.3) is 11.0 Å². The van der Waals surface area contributed by atoms with Gasteiger partial charge in [0.25, 0.3) is 0 Å². The molecule has 4 rings (SSSR count). The van der Waals surface area contributed by atoms with E-state index in [1.807, 2.05) is 18.2 Å². The van der Waals surface area contributed by atoms with E-state index in [1.165, 1.54) is 11.1 Å². The van der Waals surface area contributed by atoms with Crippen molar-refractivity contribution in [3.63, 3.8) is 0 Å². The number of carbonyl (C=O) groups is 1. The number of para-hydroxylation sites is 2. The van der Waals surface area contributed by atoms with Gasteiger partial charge in [0.1, 0.15) is 18.2 Å². The number of rotatable bonds is 8. The molecule has 1 N–H and O–H groups in total. The molecular weight excluding hydrogens is 362 g/mol. The van der Waals surface area contributed by atoms with Crippen molar-refractivity contribution >= 4 is 16.9 Å². The van der Waals surface area contributed by atoms with Crippen molar-refractivity contribution in [2.45, 2.75) is 52.6 Å². The lowest BCUT2D eigenvalue weighted by atomic mass is 10.0. The zero-order valence-corrected chi connectivity index (χ0v) is 17.4. The molecule has 0 unspecified atom stereocenters. The Morgan fingerprint density at radius 2 is 2.03 bits per heavy atom. The highest BCUT2D eigenvalue weighted by Gasteiger charge is 2.29. The number of aryl methyl sites for hydroxylation is 1. The van der Waals surface area contributed by atoms with E-state index in [0.717, 1.165) is 35.4 Å². The standard InChI is InChI=1S/C24H29N3O2/c1-16(2)19-11-8-17(3)14-22(19)29-13-12-27-21-7-5-4-6-20(21)26-23(27)15-25-24(28)18-9-10-18/h4-8,11,14,16,18H,9-10,12-13,15H2,1-3H3,(H,25,28). The Kier molecular flexibility index (Phi) is 5.56. The number of carbonyl (C=O) groups excluding carboxylic acids is 1. The van der Waals surface area contributed by atoms with Crippen LogP contribution in [-0.2, 0) is 17.9 Å². The maximum absolute atomic E-state index is 12.1. The number of benzene rings is 2. The first kappa shape index (κ1) is 19.5. The number of hydrogen-bond donors (Lipinski definition) is 1. The SMILES string of the molecule is Cc1ccc(C(C)C)c(OCCn2c(CNC(=O)C3CC3)nc3ccccc32)c1. The number of amides is 1. The second kappa shape index (κ2) is 8.27. The number of ether oxygens (including phenoxy) is 1. The molecule has 29 heavy (non-hydrogen) atoms. The zero-order valence-electron chi connectivity index (χ0n) is 17.4. The third kappa shape index (κ3) is 4.44. The molecule has 1 heterocycles. The highest BCUT2D eigenvalue weighted by atomic mass is 16.5. The van der Waals surface area contributed by atoms with Crippen molar-refractivity contribution in [1.29, 1.82) is 0 Å². The maximum Gasteiger partial charge on any atom is 0.223 e. The Hall–Kier alpha value is -2.82. The fourth-order valence-corrected chi connectivity index (χ4v) is 3.66. The topological polar surface area (TPSA) is 56.1 Å². The van der Waals surface area contributed by atoms with Crippen LogP contribution in [0.5, 0.6) is 5.75 Å². The van der Waals surface area contributed by atoms with Crippen molar-refractivity contribution in [2.24, 2.45) is 5.92 Å². The first-order valence-corrected chi connectivity index (χ1v) is 10.5. The van der Waals surface area contributed by atoms with E-state index in [0.29, 0.717) is 25.6 Å². The van der Waals surface area contributed by atoms with Gasteiger partial charge < -0.3 is 14.6 Å². The Bertz CT molecular complexity index is 1020. The van der Waals surface area contributed by atoms with Crippen LogP contribution in [0, 0.1) is 12.8 Å². The molecule has 0 atom stereocenters. The monoisotopic (exact) mass is 391 g/mol. The third-order valence-corrected chi connectivity index (χ3v) is 5.47. The lowest BCUT2D eigenvalue weighted by Gasteiger charge is -2.16. The van der Waals surface area contributed by atoms with E-state index >= 15 is 0 Å². The number of aromatic nitrogens is 2. The lowest BCUT2D eigenvalue weighted by Crippen LogP contribution is -2.26. The quantitative estimate of drug-likeness (QED) is 0.612. The normalized spacial score (nSPS) is 13.8. The molecule has 1 aromatic heterocycles. The minimum atomic E-state index is 0.140. The summed E-state index contributed by atoms with van der Waals surface area (Å²) in [6, 6.07) is 14.5. The first-order chi connectivity index (χ1) is 14.0. The molecule has 1 aliphatic carbocycles. The Morgan fingerprint density at radius 3 is 2.79 bits per heavy atom. The molecule has 152 valence electrons. The summed E-state index contributed by atoms with van der Waals surface area (Å²) in [4.78, 5) is 16.8. The summed E-state index contributed by atoms with van der Waals surface area (Å²) in [5.74, 6) is 2.58. The molecule has 0 saturated heterocycles. The largest absolute Gasteiger partial charge is 0.491 e. The molecule has 0 spiro atoms. The van der Waals surface area contributed by atoms with Gasteiger partial charge >= 0.3 is 0 Å². The molecule has 1 aliphatic rings. The molecule has 3 aromatic rings. The summed E-state index contributed by atoms with van der Waals surface area (Å²) in [5, 5.41) is 3.04. The van der Waals surface area contributed by atoms with Crippen LogP contribution in [-0.4, -0.2) is 22.1 Å². The van der Waals surface area contributed by atoms with Gasteiger partial charge in [-0.15, -0.1) is 0 Å². The summed E-state index contributed by atoms with van der Waals surface area (Å²) in [5.41, 5.74) is 4.44. The second-order valence-corrected chi connectivity index (χ2v) is 8.20. The summed E-state index contributed by atoms with van der Waals surface area (Å²) < 4.78 is 8.35. The van der Waals surface area contributed by atoms with Crippen LogP contribution < -0.4 is 10.1 Å². The van der Waals surface area contributed by atoms with Gasteiger partial charge in [0, 0.05) is 5.92 Å². The molecule has 2 aromatic carbocycles. The Labute approximate surface area is 172 Å². The molecule has 1 amide bonds. The molecule has 0 bridgehead atoms. The van der Waals surface area contributed by atoms with Gasteiger partial charge in [-0.05, 0) is 55.0 Å². The predicted molar refractivity (Wildman–Crippen MR) is 115 cm³/mol. The van der Waals surface area contributed by atoms with E-state index in [9.17, 15) is 4.79 Å². The molecule has 0 radical (unpaired) electrons. The van der Waals surface area contributed by atoms with Crippen molar-refractivity contribution in [3.8, 4) is 5.75 Å². The third-order valence-electron chi connectivity index (χ3n) is 5.47. The van der Waals surface area contributed by atoms with Gasteiger partial charge in [-0.1, -0.05) is 38.1 Å². The fraction of sp³-hybridized carbons (Fsp3) is 0.417. The van der Waals surface area contributed by atoms with Gasteiger partial charge in [-0.25, -0.2) is 4.98 Å². The van der Waals surface area contributed by atoms with E-state index in [-0.39, 0.29) is 11.8 Å². The van der Waals surface area contributed by atoms with Crippen molar-refractivity contribution < 1.29 is 9.53 Å². The average Bonchev–Trinajstić information content (AvgIpc) is 3.49.